The predicted molar refractivity (Wildman–Crippen MR) is 117 cm³/mol. The summed E-state index contributed by atoms with van der Waals surface area (Å²) in [5, 5.41) is 21.3. The summed E-state index contributed by atoms with van der Waals surface area (Å²) in [6.45, 7) is 5.64. The van der Waals surface area contributed by atoms with Crippen molar-refractivity contribution in [3.8, 4) is 0 Å². The second kappa shape index (κ2) is 8.14. The van der Waals surface area contributed by atoms with Crippen LogP contribution in [-0.2, 0) is 4.79 Å². The first-order valence-electron chi connectivity index (χ1n) is 9.25. The maximum absolute atomic E-state index is 11.8. The summed E-state index contributed by atoms with van der Waals surface area (Å²) >= 11 is 0. The molecule has 3 N–H and O–H groups in total. The van der Waals surface area contributed by atoms with Gasteiger partial charge in [-0.15, -0.1) is 0 Å². The van der Waals surface area contributed by atoms with Crippen molar-refractivity contribution >= 4 is 28.7 Å². The van der Waals surface area contributed by atoms with E-state index in [0.29, 0.717) is 22.9 Å². The average Bonchev–Trinajstić information content (AvgIpc) is 2.70. The van der Waals surface area contributed by atoms with Crippen LogP contribution in [-0.4, -0.2) is 29.5 Å². The van der Waals surface area contributed by atoms with Gasteiger partial charge in [0.15, 0.2) is 5.71 Å². The van der Waals surface area contributed by atoms with Gasteiger partial charge < -0.3 is 20.7 Å². The minimum atomic E-state index is -1.12. The van der Waals surface area contributed by atoms with E-state index >= 15 is 0 Å². The van der Waals surface area contributed by atoms with Gasteiger partial charge in [0.2, 0.25) is 0 Å². The third kappa shape index (κ3) is 4.11. The first-order chi connectivity index (χ1) is 13.8. The lowest BCUT2D eigenvalue weighted by Crippen LogP contribution is -2.34. The largest absolute Gasteiger partial charge is 0.477 e. The highest BCUT2D eigenvalue weighted by molar-refractivity contribution is 6.41. The van der Waals surface area contributed by atoms with Gasteiger partial charge in [0.25, 0.3) is 0 Å². The van der Waals surface area contributed by atoms with Gasteiger partial charge in [-0.05, 0) is 49.6 Å². The quantitative estimate of drug-likeness (QED) is 0.672. The van der Waals surface area contributed by atoms with Crippen LogP contribution in [0.2, 0.25) is 0 Å². The minimum absolute atomic E-state index is 0.0819. The fourth-order valence-electron chi connectivity index (χ4n) is 3.36. The Balaban J connectivity index is 2.19. The van der Waals surface area contributed by atoms with Crippen molar-refractivity contribution in [3.63, 3.8) is 0 Å². The molecule has 2 aromatic rings. The van der Waals surface area contributed by atoms with Crippen LogP contribution < -0.4 is 10.2 Å². The molecule has 0 atom stereocenters. The van der Waals surface area contributed by atoms with Crippen LogP contribution in [0.1, 0.15) is 23.6 Å². The van der Waals surface area contributed by atoms with Gasteiger partial charge in [0.1, 0.15) is 11.6 Å². The maximum atomic E-state index is 11.8. The van der Waals surface area contributed by atoms with E-state index < -0.39 is 5.97 Å². The zero-order chi connectivity index (χ0) is 21.1. The number of carbonyl (C=O) groups is 1. The van der Waals surface area contributed by atoms with E-state index in [1.807, 2.05) is 74.3 Å². The fraction of sp³-hybridized carbons (Fsp3) is 0.174. The lowest BCUT2D eigenvalue weighted by Gasteiger charge is -2.28. The molecule has 0 saturated heterocycles. The summed E-state index contributed by atoms with van der Waals surface area (Å²) in [7, 11) is 1.85. The zero-order valence-electron chi connectivity index (χ0n) is 16.9. The molecule has 2 aromatic carbocycles. The number of carboxylic acid groups (broad SMARTS) is 1. The van der Waals surface area contributed by atoms with Gasteiger partial charge >= 0.3 is 5.97 Å². The molecule has 29 heavy (non-hydrogen) atoms. The highest BCUT2D eigenvalue weighted by Crippen LogP contribution is 2.29. The summed E-state index contributed by atoms with van der Waals surface area (Å²) in [6, 6.07) is 15.5. The second-order valence-corrected chi connectivity index (χ2v) is 6.97. The molecule has 0 bridgehead atoms. The lowest BCUT2D eigenvalue weighted by atomic mass is 9.92. The van der Waals surface area contributed by atoms with Gasteiger partial charge in [-0.1, -0.05) is 36.4 Å². The Bertz CT molecular complexity index is 1050. The molecule has 0 unspecified atom stereocenters. The summed E-state index contributed by atoms with van der Waals surface area (Å²) in [5.74, 6) is -0.192. The maximum Gasteiger partial charge on any atom is 0.354 e. The molecule has 1 aliphatic heterocycles. The summed E-state index contributed by atoms with van der Waals surface area (Å²) in [5.41, 5.74) is 4.60. The van der Waals surface area contributed by atoms with E-state index in [1.165, 1.54) is 6.08 Å². The number of anilines is 1. The van der Waals surface area contributed by atoms with Gasteiger partial charge in [-0.3, -0.25) is 0 Å². The van der Waals surface area contributed by atoms with E-state index in [4.69, 9.17) is 5.41 Å². The van der Waals surface area contributed by atoms with E-state index in [9.17, 15) is 9.90 Å². The Hall–Kier alpha value is -3.67. The molecular formula is C23H24N4O2. The number of benzene rings is 2. The monoisotopic (exact) mass is 388 g/mol. The molecule has 148 valence electrons. The molecule has 0 amide bonds. The zero-order valence-corrected chi connectivity index (χ0v) is 16.9. The number of aryl methyl sites for hydroxylation is 2. The van der Waals surface area contributed by atoms with E-state index in [1.54, 1.807) is 6.92 Å². The molecular weight excluding hydrogens is 364 g/mol. The van der Waals surface area contributed by atoms with Crippen LogP contribution in [0.3, 0.4) is 0 Å². The second-order valence-electron chi connectivity index (χ2n) is 6.97. The number of hydrogen-bond donors (Lipinski definition) is 3. The number of allylic oxidation sites excluding steroid dienone is 1. The summed E-state index contributed by atoms with van der Waals surface area (Å²) in [6.07, 6.45) is 1.50. The molecule has 1 heterocycles. The Morgan fingerprint density at radius 2 is 1.69 bits per heavy atom. The van der Waals surface area contributed by atoms with Crippen molar-refractivity contribution < 1.29 is 9.90 Å². The van der Waals surface area contributed by atoms with Gasteiger partial charge in [0, 0.05) is 30.1 Å². The molecule has 3 rings (SSSR count). The molecule has 0 fully saturated rings. The molecule has 0 saturated carbocycles. The highest BCUT2D eigenvalue weighted by Gasteiger charge is 2.24. The first kappa shape index (κ1) is 20.1. The third-order valence-electron chi connectivity index (χ3n) is 4.82. The molecule has 0 aliphatic carbocycles. The number of aliphatic carboxylic acids is 1. The van der Waals surface area contributed by atoms with Crippen molar-refractivity contribution in [2.45, 2.75) is 20.8 Å². The van der Waals surface area contributed by atoms with E-state index in [2.05, 4.69) is 10.3 Å². The number of para-hydroxylation sites is 1. The molecule has 1 aliphatic rings. The Morgan fingerprint density at radius 1 is 1.07 bits per heavy atom. The summed E-state index contributed by atoms with van der Waals surface area (Å²) in [4.78, 5) is 18.0. The van der Waals surface area contributed by atoms with E-state index in [0.717, 1.165) is 22.4 Å². The Kier molecular flexibility index (Phi) is 5.64. The molecule has 0 aromatic heterocycles. The average molecular weight is 388 g/mol. The number of nitrogens with one attached hydrogen (secondary N) is 2. The highest BCUT2D eigenvalue weighted by atomic mass is 16.4. The molecule has 6 nitrogen and oxygen atoms in total. The SMILES string of the molecule is CC(=N)/C(=C1/N=C(C(=O)O)C=C(N(C)c2ccccc2)N1)c1c(C)cccc1C. The van der Waals surface area contributed by atoms with Crippen molar-refractivity contribution in [2.75, 3.05) is 11.9 Å². The molecule has 0 radical (unpaired) electrons. The van der Waals surface area contributed by atoms with Gasteiger partial charge in [-0.25, -0.2) is 9.79 Å². The predicted octanol–water partition coefficient (Wildman–Crippen LogP) is 4.12. The normalized spacial score (nSPS) is 15.0. The Morgan fingerprint density at radius 3 is 2.24 bits per heavy atom. The van der Waals surface area contributed by atoms with Crippen LogP contribution >= 0.6 is 0 Å². The van der Waals surface area contributed by atoms with Crippen LogP contribution in [0, 0.1) is 19.3 Å². The van der Waals surface area contributed by atoms with Gasteiger partial charge in [0.05, 0.1) is 0 Å². The van der Waals surface area contributed by atoms with E-state index in [-0.39, 0.29) is 5.71 Å². The van der Waals surface area contributed by atoms with Crippen molar-refractivity contribution in [1.82, 2.24) is 5.32 Å². The van der Waals surface area contributed by atoms with Crippen molar-refractivity contribution in [1.29, 1.82) is 5.41 Å². The van der Waals surface area contributed by atoms with Crippen LogP contribution in [0.4, 0.5) is 5.69 Å². The number of aliphatic imine (C=N–C) groups is 1. The fourth-order valence-corrected chi connectivity index (χ4v) is 3.36. The smallest absolute Gasteiger partial charge is 0.354 e. The topological polar surface area (TPSA) is 88.8 Å². The third-order valence-corrected chi connectivity index (χ3v) is 4.82. The summed E-state index contributed by atoms with van der Waals surface area (Å²) < 4.78 is 0. The lowest BCUT2D eigenvalue weighted by molar-refractivity contribution is -0.129. The van der Waals surface area contributed by atoms with Crippen LogP contribution in [0.25, 0.3) is 5.57 Å². The van der Waals surface area contributed by atoms with Crippen molar-refractivity contribution in [3.05, 3.63) is 82.9 Å². The first-order valence-corrected chi connectivity index (χ1v) is 9.25. The van der Waals surface area contributed by atoms with Gasteiger partial charge in [-0.2, -0.15) is 0 Å². The molecule has 6 heteroatoms. The number of hydrogen-bond acceptors (Lipinski definition) is 5. The number of nitrogens with zero attached hydrogens (tertiary/aromatic N) is 2. The Labute approximate surface area is 170 Å². The van der Waals surface area contributed by atoms with Crippen LogP contribution in [0.5, 0.6) is 0 Å². The molecule has 0 spiro atoms. The van der Waals surface area contributed by atoms with Crippen LogP contribution in [0.15, 0.2) is 71.2 Å². The number of rotatable bonds is 5. The number of carboxylic acids is 1. The standard InChI is InChI=1S/C23H24N4O2/c1-14-9-8-10-15(2)20(14)21(16(3)24)22-25-18(23(28)29)13-19(26-22)27(4)17-11-6-5-7-12-17/h5-13,24,26H,1-4H3,(H,28,29)/b22-21+,24-16?. The minimum Gasteiger partial charge on any atom is -0.477 e. The van der Waals surface area contributed by atoms with Crippen molar-refractivity contribution in [2.24, 2.45) is 4.99 Å².